The second kappa shape index (κ2) is 4.63. The fourth-order valence-electron chi connectivity index (χ4n) is 2.48. The third kappa shape index (κ3) is 1.98. The van der Waals surface area contributed by atoms with Crippen molar-refractivity contribution in [3.63, 3.8) is 0 Å². The number of benzene rings is 3. The van der Waals surface area contributed by atoms with Gasteiger partial charge in [-0.15, -0.1) is 12.6 Å². The van der Waals surface area contributed by atoms with Crippen LogP contribution in [0.4, 0.5) is 5.69 Å². The van der Waals surface area contributed by atoms with Gasteiger partial charge in [0.25, 0.3) is 0 Å². The Kier molecular flexibility index (Phi) is 2.96. The van der Waals surface area contributed by atoms with Gasteiger partial charge >= 0.3 is 0 Å². The summed E-state index contributed by atoms with van der Waals surface area (Å²) in [6.45, 7) is 2.08. The third-order valence-electron chi connectivity index (χ3n) is 3.54. The fraction of sp³-hybridized carbons (Fsp3) is 0.0588. The summed E-state index contributed by atoms with van der Waals surface area (Å²) in [6.07, 6.45) is 0. The lowest BCUT2D eigenvalue weighted by Gasteiger charge is -2.14. The van der Waals surface area contributed by atoms with E-state index in [1.807, 2.05) is 30.3 Å². The van der Waals surface area contributed by atoms with Gasteiger partial charge in [0.2, 0.25) is 0 Å². The number of hydrogen-bond acceptors (Lipinski definition) is 2. The van der Waals surface area contributed by atoms with Crippen LogP contribution in [0.25, 0.3) is 21.9 Å². The first-order chi connectivity index (χ1) is 9.18. The van der Waals surface area contributed by atoms with E-state index in [2.05, 4.69) is 43.8 Å². The van der Waals surface area contributed by atoms with Crippen molar-refractivity contribution in [2.45, 2.75) is 11.8 Å². The predicted octanol–water partition coefficient (Wildman–Crippen LogP) is 4.69. The smallest absolute Gasteiger partial charge is 0.0400 e. The molecule has 94 valence electrons. The second-order valence-corrected chi connectivity index (χ2v) is 5.18. The molecule has 0 aliphatic rings. The summed E-state index contributed by atoms with van der Waals surface area (Å²) in [5.41, 5.74) is 10.4. The normalized spacial score (nSPS) is 10.8. The van der Waals surface area contributed by atoms with Crippen LogP contribution in [0, 0.1) is 6.92 Å². The van der Waals surface area contributed by atoms with Crippen LogP contribution in [-0.2, 0) is 0 Å². The van der Waals surface area contributed by atoms with Crippen molar-refractivity contribution in [2.75, 3.05) is 5.73 Å². The van der Waals surface area contributed by atoms with Gasteiger partial charge in [0, 0.05) is 16.1 Å². The van der Waals surface area contributed by atoms with E-state index in [0.29, 0.717) is 0 Å². The van der Waals surface area contributed by atoms with Crippen molar-refractivity contribution < 1.29 is 0 Å². The molecule has 0 unspecified atom stereocenters. The van der Waals surface area contributed by atoms with Crippen molar-refractivity contribution in [1.29, 1.82) is 0 Å². The lowest BCUT2D eigenvalue weighted by Crippen LogP contribution is -1.94. The fourth-order valence-corrected chi connectivity index (χ4v) is 2.69. The molecule has 3 aromatic rings. The van der Waals surface area contributed by atoms with Gasteiger partial charge < -0.3 is 5.73 Å². The van der Waals surface area contributed by atoms with Gasteiger partial charge in [0.1, 0.15) is 0 Å². The van der Waals surface area contributed by atoms with Crippen molar-refractivity contribution in [1.82, 2.24) is 0 Å². The molecule has 3 aromatic carbocycles. The Hall–Kier alpha value is -1.93. The van der Waals surface area contributed by atoms with Crippen molar-refractivity contribution >= 4 is 29.1 Å². The molecule has 0 aliphatic heterocycles. The number of fused-ring (bicyclic) bond motifs is 1. The van der Waals surface area contributed by atoms with Crippen LogP contribution in [0.3, 0.4) is 0 Å². The lowest BCUT2D eigenvalue weighted by molar-refractivity contribution is 1.31. The summed E-state index contributed by atoms with van der Waals surface area (Å²) in [6, 6.07) is 18.5. The number of rotatable bonds is 1. The Morgan fingerprint density at radius 2 is 1.68 bits per heavy atom. The zero-order valence-electron chi connectivity index (χ0n) is 10.7. The van der Waals surface area contributed by atoms with E-state index < -0.39 is 0 Å². The molecule has 3 rings (SSSR count). The molecular weight excluding hydrogens is 250 g/mol. The van der Waals surface area contributed by atoms with E-state index in [1.165, 1.54) is 10.8 Å². The summed E-state index contributed by atoms with van der Waals surface area (Å²) in [5.74, 6) is 0. The van der Waals surface area contributed by atoms with Crippen LogP contribution in [0.15, 0.2) is 59.5 Å². The zero-order chi connectivity index (χ0) is 13.4. The highest BCUT2D eigenvalue weighted by molar-refractivity contribution is 7.80. The summed E-state index contributed by atoms with van der Waals surface area (Å²) in [7, 11) is 0. The van der Waals surface area contributed by atoms with Gasteiger partial charge in [-0.25, -0.2) is 0 Å². The van der Waals surface area contributed by atoms with Crippen LogP contribution in [0.5, 0.6) is 0 Å². The Bertz CT molecular complexity index is 762. The standard InChI is InChI=1S/C17H15NS/c1-11-13(7-4-8-16(11)19)17-14-6-3-2-5-12(14)9-10-15(17)18/h2-10,19H,18H2,1H3. The molecule has 0 aromatic heterocycles. The van der Waals surface area contributed by atoms with Crippen molar-refractivity contribution in [2.24, 2.45) is 0 Å². The Labute approximate surface area is 118 Å². The van der Waals surface area contributed by atoms with Crippen molar-refractivity contribution in [3.8, 4) is 11.1 Å². The van der Waals surface area contributed by atoms with E-state index in [0.717, 1.165) is 27.3 Å². The summed E-state index contributed by atoms with van der Waals surface area (Å²) >= 11 is 4.51. The summed E-state index contributed by atoms with van der Waals surface area (Å²) in [5, 5.41) is 2.39. The van der Waals surface area contributed by atoms with Gasteiger partial charge in [-0.3, -0.25) is 0 Å². The molecular formula is C17H15NS. The molecule has 0 atom stereocenters. The summed E-state index contributed by atoms with van der Waals surface area (Å²) < 4.78 is 0. The average Bonchev–Trinajstić information content (AvgIpc) is 2.43. The minimum Gasteiger partial charge on any atom is -0.398 e. The topological polar surface area (TPSA) is 26.0 Å². The van der Waals surface area contributed by atoms with E-state index in [9.17, 15) is 0 Å². The van der Waals surface area contributed by atoms with Crippen LogP contribution in [0.1, 0.15) is 5.56 Å². The number of nitrogen functional groups attached to an aromatic ring is 1. The minimum atomic E-state index is 0.806. The average molecular weight is 265 g/mol. The number of hydrogen-bond donors (Lipinski definition) is 2. The van der Waals surface area contributed by atoms with Gasteiger partial charge in [-0.05, 0) is 41.0 Å². The number of thiol groups is 1. The minimum absolute atomic E-state index is 0.806. The molecule has 0 spiro atoms. The molecule has 0 aliphatic carbocycles. The largest absolute Gasteiger partial charge is 0.398 e. The van der Waals surface area contributed by atoms with Gasteiger partial charge in [0.15, 0.2) is 0 Å². The van der Waals surface area contributed by atoms with E-state index in [1.54, 1.807) is 0 Å². The molecule has 0 heterocycles. The molecule has 0 saturated carbocycles. The Morgan fingerprint density at radius 3 is 2.53 bits per heavy atom. The molecule has 0 fully saturated rings. The number of nitrogens with two attached hydrogens (primary N) is 1. The highest BCUT2D eigenvalue weighted by atomic mass is 32.1. The molecule has 19 heavy (non-hydrogen) atoms. The van der Waals surface area contributed by atoms with E-state index in [-0.39, 0.29) is 0 Å². The van der Waals surface area contributed by atoms with E-state index in [4.69, 9.17) is 5.73 Å². The molecule has 0 bridgehead atoms. The third-order valence-corrected chi connectivity index (χ3v) is 4.02. The summed E-state index contributed by atoms with van der Waals surface area (Å²) in [4.78, 5) is 0.991. The Morgan fingerprint density at radius 1 is 0.895 bits per heavy atom. The monoisotopic (exact) mass is 265 g/mol. The maximum atomic E-state index is 6.21. The first-order valence-corrected chi connectivity index (χ1v) is 6.69. The zero-order valence-corrected chi connectivity index (χ0v) is 11.6. The maximum absolute atomic E-state index is 6.21. The molecule has 1 nitrogen and oxygen atoms in total. The van der Waals surface area contributed by atoms with Crippen LogP contribution in [0.2, 0.25) is 0 Å². The van der Waals surface area contributed by atoms with Crippen molar-refractivity contribution in [3.05, 3.63) is 60.2 Å². The SMILES string of the molecule is Cc1c(S)cccc1-c1c(N)ccc2ccccc12. The molecule has 0 radical (unpaired) electrons. The molecule has 0 saturated heterocycles. The molecule has 2 heteroatoms. The lowest BCUT2D eigenvalue weighted by atomic mass is 9.93. The molecule has 2 N–H and O–H groups in total. The Balaban J connectivity index is 2.42. The van der Waals surface area contributed by atoms with Gasteiger partial charge in [-0.2, -0.15) is 0 Å². The second-order valence-electron chi connectivity index (χ2n) is 4.70. The predicted molar refractivity (Wildman–Crippen MR) is 85.8 cm³/mol. The highest BCUT2D eigenvalue weighted by Gasteiger charge is 2.11. The highest BCUT2D eigenvalue weighted by Crippen LogP contribution is 2.37. The van der Waals surface area contributed by atoms with Gasteiger partial charge in [-0.1, -0.05) is 42.5 Å². The first kappa shape index (κ1) is 12.1. The van der Waals surface area contributed by atoms with Crippen LogP contribution < -0.4 is 5.73 Å². The first-order valence-electron chi connectivity index (χ1n) is 6.24. The molecule has 0 amide bonds. The maximum Gasteiger partial charge on any atom is 0.0400 e. The van der Waals surface area contributed by atoms with Crippen LogP contribution >= 0.6 is 12.6 Å². The quantitative estimate of drug-likeness (QED) is 0.484. The van der Waals surface area contributed by atoms with E-state index >= 15 is 0 Å². The van der Waals surface area contributed by atoms with Crippen LogP contribution in [-0.4, -0.2) is 0 Å². The van der Waals surface area contributed by atoms with Gasteiger partial charge in [0.05, 0.1) is 0 Å². The number of anilines is 1.